The maximum Gasteiger partial charge on any atom is 0.416 e. The number of aromatic hydroxyl groups is 1. The topological polar surface area (TPSA) is 66.8 Å². The van der Waals surface area contributed by atoms with Gasteiger partial charge in [0.05, 0.1) is 41.4 Å². The second-order valence-corrected chi connectivity index (χ2v) is 12.8. The van der Waals surface area contributed by atoms with E-state index in [1.807, 2.05) is 37.3 Å². The van der Waals surface area contributed by atoms with Gasteiger partial charge in [-0.15, -0.1) is 0 Å². The quantitative estimate of drug-likeness (QED) is 0.147. The number of halogens is 6. The van der Waals surface area contributed by atoms with Crippen LogP contribution in [0.25, 0.3) is 16.8 Å². The first-order valence-corrected chi connectivity index (χ1v) is 16.1. The summed E-state index contributed by atoms with van der Waals surface area (Å²) >= 11 is 0. The second-order valence-electron chi connectivity index (χ2n) is 12.8. The molecule has 3 aliphatic rings. The normalized spacial score (nSPS) is 23.3. The smallest absolute Gasteiger partial charge is 0.416 e. The van der Waals surface area contributed by atoms with Crippen molar-refractivity contribution in [1.82, 2.24) is 0 Å². The molecule has 2 aliphatic heterocycles. The van der Waals surface area contributed by atoms with Gasteiger partial charge in [-0.2, -0.15) is 26.3 Å². The zero-order valence-corrected chi connectivity index (χ0v) is 26.4. The molecule has 0 radical (unpaired) electrons. The van der Waals surface area contributed by atoms with Crippen LogP contribution in [0.15, 0.2) is 71.3 Å². The molecule has 3 aromatic carbocycles. The highest BCUT2D eigenvalue weighted by molar-refractivity contribution is 6.22. The van der Waals surface area contributed by atoms with Gasteiger partial charge in [0.25, 0.3) is 0 Å². The van der Waals surface area contributed by atoms with Gasteiger partial charge in [-0.25, -0.2) is 4.90 Å². The molecule has 254 valence electrons. The highest BCUT2D eigenvalue weighted by Crippen LogP contribution is 2.52. The van der Waals surface area contributed by atoms with Gasteiger partial charge in [-0.3, -0.25) is 9.59 Å². The fourth-order valence-electron chi connectivity index (χ4n) is 7.69. The largest absolute Gasteiger partial charge is 0.507 e. The number of hydrogen-bond acceptors (Lipinski definition) is 4. The van der Waals surface area contributed by atoms with Crippen molar-refractivity contribution >= 4 is 34.4 Å². The van der Waals surface area contributed by atoms with Crippen LogP contribution in [0.4, 0.5) is 32.0 Å². The van der Waals surface area contributed by atoms with Crippen molar-refractivity contribution < 1.29 is 45.8 Å². The second kappa shape index (κ2) is 12.7. The SMILES string of the molecule is CCC/C(=C\c1ccc(O)c2ccccc12)CC[C@H]1OC[C@H]2C1=C(CC)C[C@H]1C(=O)N(c3cc(C(F)(F)F)cc(C(F)(F)F)c3)C(=O)[C@H]12. The predicted octanol–water partition coefficient (Wildman–Crippen LogP) is 9.48. The number of alkyl halides is 6. The van der Waals surface area contributed by atoms with E-state index in [4.69, 9.17) is 4.74 Å². The van der Waals surface area contributed by atoms with Gasteiger partial charge in [0.15, 0.2) is 0 Å². The van der Waals surface area contributed by atoms with Gasteiger partial charge < -0.3 is 9.84 Å². The Balaban J connectivity index is 1.27. The summed E-state index contributed by atoms with van der Waals surface area (Å²) < 4.78 is 88.0. The van der Waals surface area contributed by atoms with Gasteiger partial charge >= 0.3 is 12.4 Å². The Morgan fingerprint density at radius 1 is 0.896 bits per heavy atom. The van der Waals surface area contributed by atoms with Gasteiger partial charge in [-0.1, -0.05) is 67.8 Å². The Kier molecular flexibility index (Phi) is 8.95. The highest BCUT2D eigenvalue weighted by atomic mass is 19.4. The van der Waals surface area contributed by atoms with Crippen molar-refractivity contribution in [2.24, 2.45) is 17.8 Å². The lowest BCUT2D eigenvalue weighted by molar-refractivity contribution is -0.143. The molecule has 48 heavy (non-hydrogen) atoms. The van der Waals surface area contributed by atoms with E-state index in [0.717, 1.165) is 40.3 Å². The lowest BCUT2D eigenvalue weighted by Crippen LogP contribution is -2.34. The van der Waals surface area contributed by atoms with Crippen molar-refractivity contribution in [3.05, 3.63) is 88.0 Å². The summed E-state index contributed by atoms with van der Waals surface area (Å²) in [5.41, 5.74) is 0.117. The molecular weight excluding hydrogens is 636 g/mol. The Morgan fingerprint density at radius 2 is 1.56 bits per heavy atom. The van der Waals surface area contributed by atoms with Crippen molar-refractivity contribution in [3.63, 3.8) is 0 Å². The van der Waals surface area contributed by atoms with E-state index in [0.29, 0.717) is 36.3 Å². The Labute approximate surface area is 273 Å². The molecule has 6 rings (SSSR count). The molecule has 2 fully saturated rings. The first kappa shape index (κ1) is 33.8. The standard InChI is InChI=1S/C37H35F6NO4/c1-3-7-20(14-22-11-12-30(45)27-9-6-5-8-26(22)27)10-13-31-32-21(4-2)15-28-33(29(32)19-48-31)35(47)44(34(28)46)25-17-23(36(38,39)40)16-24(18-25)37(41,42)43/h5-6,8-9,11-12,14,16-18,28-29,31,33,45H,3-4,7,10,13,15,19H2,1-2H3/b20-14+/t28-,29+,31-,33-/m1/s1. The van der Waals surface area contributed by atoms with Crippen molar-refractivity contribution in [2.75, 3.05) is 11.5 Å². The van der Waals surface area contributed by atoms with Crippen molar-refractivity contribution in [3.8, 4) is 5.75 Å². The summed E-state index contributed by atoms with van der Waals surface area (Å²) in [6, 6.07) is 12.0. The summed E-state index contributed by atoms with van der Waals surface area (Å²) in [7, 11) is 0. The van der Waals surface area contributed by atoms with Crippen molar-refractivity contribution in [2.45, 2.75) is 70.8 Å². The number of imide groups is 1. The van der Waals surface area contributed by atoms with Crippen LogP contribution in [0.2, 0.25) is 0 Å². The number of carbonyl (C=O) groups is 2. The zero-order chi connectivity index (χ0) is 34.5. The molecule has 1 N–H and O–H groups in total. The fraction of sp³-hybridized carbons (Fsp3) is 0.405. The maximum absolute atomic E-state index is 13.8. The highest BCUT2D eigenvalue weighted by Gasteiger charge is 2.57. The minimum atomic E-state index is -5.12. The van der Waals surface area contributed by atoms with Crippen LogP contribution in [0, 0.1) is 17.8 Å². The summed E-state index contributed by atoms with van der Waals surface area (Å²) in [4.78, 5) is 28.0. The van der Waals surface area contributed by atoms with E-state index in [1.165, 1.54) is 5.57 Å². The summed E-state index contributed by atoms with van der Waals surface area (Å²) in [5.74, 6) is -3.73. The molecule has 2 heterocycles. The van der Waals surface area contributed by atoms with Gasteiger partial charge in [0.2, 0.25) is 11.8 Å². The van der Waals surface area contributed by atoms with Crippen LogP contribution in [0.3, 0.4) is 0 Å². The van der Waals surface area contributed by atoms with Crippen LogP contribution in [-0.2, 0) is 26.7 Å². The van der Waals surface area contributed by atoms with Crippen LogP contribution < -0.4 is 4.90 Å². The molecule has 1 aliphatic carbocycles. The molecule has 0 spiro atoms. The minimum absolute atomic E-state index is 0.0167. The third-order valence-electron chi connectivity index (χ3n) is 9.86. The first-order valence-electron chi connectivity index (χ1n) is 16.1. The number of phenolic OH excluding ortho intramolecular Hbond substituents is 1. The Hall–Kier alpha value is -4.12. The molecule has 5 nitrogen and oxygen atoms in total. The lowest BCUT2D eigenvalue weighted by Gasteiger charge is -2.31. The Bertz CT molecular complexity index is 1790. The minimum Gasteiger partial charge on any atom is -0.507 e. The molecule has 0 unspecified atom stereocenters. The molecule has 11 heteroatoms. The van der Waals surface area contributed by atoms with E-state index < -0.39 is 58.7 Å². The van der Waals surface area contributed by atoms with Crippen LogP contribution in [0.1, 0.15) is 69.1 Å². The number of amides is 2. The number of hydrogen-bond donors (Lipinski definition) is 1. The third kappa shape index (κ3) is 6.13. The monoisotopic (exact) mass is 671 g/mol. The molecular formula is C37H35F6NO4. The summed E-state index contributed by atoms with van der Waals surface area (Å²) in [5, 5.41) is 12.0. The molecule has 2 amide bonds. The van der Waals surface area contributed by atoms with Crippen LogP contribution in [-0.4, -0.2) is 29.6 Å². The van der Waals surface area contributed by atoms with Crippen LogP contribution in [0.5, 0.6) is 5.75 Å². The molecule has 0 aromatic heterocycles. The van der Waals surface area contributed by atoms with E-state index in [9.17, 15) is 41.0 Å². The lowest BCUT2D eigenvalue weighted by atomic mass is 9.69. The van der Waals surface area contributed by atoms with E-state index >= 15 is 0 Å². The maximum atomic E-state index is 13.8. The predicted molar refractivity (Wildman–Crippen MR) is 169 cm³/mol. The number of allylic oxidation sites excluding steroid dienone is 2. The number of carbonyl (C=O) groups excluding carboxylic acids is 2. The number of rotatable bonds is 8. The van der Waals surface area contributed by atoms with Crippen LogP contribution >= 0.6 is 0 Å². The van der Waals surface area contributed by atoms with Gasteiger partial charge in [0, 0.05) is 11.3 Å². The summed E-state index contributed by atoms with van der Waals surface area (Å²) in [6.07, 6.45) is -4.69. The van der Waals surface area contributed by atoms with E-state index in [-0.39, 0.29) is 30.9 Å². The van der Waals surface area contributed by atoms with Gasteiger partial charge in [0.1, 0.15) is 5.75 Å². The Morgan fingerprint density at radius 3 is 2.19 bits per heavy atom. The average molecular weight is 672 g/mol. The zero-order valence-electron chi connectivity index (χ0n) is 26.4. The van der Waals surface area contributed by atoms with Gasteiger partial charge in [-0.05, 0) is 72.9 Å². The number of ether oxygens (including phenoxy) is 1. The molecule has 0 saturated carbocycles. The number of phenols is 1. The number of nitrogens with zero attached hydrogens (tertiary/aromatic N) is 1. The third-order valence-corrected chi connectivity index (χ3v) is 9.86. The average Bonchev–Trinajstić information content (AvgIpc) is 3.57. The van der Waals surface area contributed by atoms with Crippen molar-refractivity contribution in [1.29, 1.82) is 0 Å². The van der Waals surface area contributed by atoms with E-state index in [2.05, 4.69) is 13.0 Å². The van der Waals surface area contributed by atoms with E-state index in [1.54, 1.807) is 6.07 Å². The molecule has 4 atom stereocenters. The molecule has 2 saturated heterocycles. The molecule has 0 bridgehead atoms. The number of anilines is 1. The number of benzene rings is 3. The fourth-order valence-corrected chi connectivity index (χ4v) is 7.69. The summed E-state index contributed by atoms with van der Waals surface area (Å²) in [6.45, 7) is 4.14. The number of fused-ring (bicyclic) bond motifs is 4. The first-order chi connectivity index (χ1) is 22.7. The molecule has 3 aromatic rings.